The average Bonchev–Trinajstić information content (AvgIpc) is 2.07. The van der Waals surface area contributed by atoms with E-state index in [4.69, 9.17) is 0 Å². The minimum atomic E-state index is -0.624. The van der Waals surface area contributed by atoms with Crippen molar-refractivity contribution in [3.8, 4) is 0 Å². The van der Waals surface area contributed by atoms with Crippen molar-refractivity contribution in [2.45, 2.75) is 0 Å². The van der Waals surface area contributed by atoms with Crippen LogP contribution in [0.15, 0.2) is 30.3 Å². The number of hydrogen-bond donors (Lipinski definition) is 0. The zero-order chi connectivity index (χ0) is 8.10. The molecule has 64 valence electrons. The molecule has 0 aromatic heterocycles. The maximum Gasteiger partial charge on any atom is 0.345 e. The predicted molar refractivity (Wildman–Crippen MR) is 37.9 cm³/mol. The van der Waals surface area contributed by atoms with Crippen molar-refractivity contribution in [2.75, 3.05) is 0 Å². The average molecular weight is 251 g/mol. The molecule has 0 heterocycles. The maximum atomic E-state index is 10.8. The van der Waals surface area contributed by atoms with Crippen molar-refractivity contribution >= 4 is 12.4 Å². The first kappa shape index (κ1) is 11.0. The summed E-state index contributed by atoms with van der Waals surface area (Å²) in [4.78, 5) is 20.5. The van der Waals surface area contributed by atoms with Gasteiger partial charge in [0.05, 0.1) is 5.56 Å². The molecule has 4 heteroatoms. The first-order valence-electron chi connectivity index (χ1n) is 3.04. The fourth-order valence-electron chi connectivity index (χ4n) is 0.686. The van der Waals surface area contributed by atoms with Crippen LogP contribution in [0.1, 0.15) is 10.4 Å². The van der Waals surface area contributed by atoms with E-state index in [1.807, 2.05) is 0 Å². The molecule has 1 aromatic rings. The first-order valence-corrected chi connectivity index (χ1v) is 3.04. The quantitative estimate of drug-likeness (QED) is 0.341. The van der Waals surface area contributed by atoms with E-state index in [-0.39, 0.29) is 26.0 Å². The maximum absolute atomic E-state index is 10.8. The molecule has 0 N–H and O–H groups in total. The van der Waals surface area contributed by atoms with Gasteiger partial charge in [-0.1, -0.05) is 18.2 Å². The summed E-state index contributed by atoms with van der Waals surface area (Å²) >= 11 is 0. The molecule has 0 aliphatic rings. The summed E-state index contributed by atoms with van der Waals surface area (Å²) in [5.74, 6) is -0.624. The number of esters is 1. The van der Waals surface area contributed by atoms with Crippen LogP contribution in [-0.4, -0.2) is 12.4 Å². The molecule has 1 rings (SSSR count). The van der Waals surface area contributed by atoms with E-state index < -0.39 is 5.97 Å². The van der Waals surface area contributed by atoms with E-state index in [0.29, 0.717) is 5.56 Å². The molecule has 0 saturated carbocycles. The molecule has 12 heavy (non-hydrogen) atoms. The minimum Gasteiger partial charge on any atom is -0.392 e. The molecule has 0 aliphatic carbocycles. The zero-order valence-electron chi connectivity index (χ0n) is 6.04. The van der Waals surface area contributed by atoms with Crippen LogP contribution in [0, 0.1) is 0 Å². The molecule has 0 bridgehead atoms. The van der Waals surface area contributed by atoms with Crippen LogP contribution < -0.4 is 0 Å². The third-order valence-corrected chi connectivity index (χ3v) is 1.16. The van der Waals surface area contributed by atoms with Crippen LogP contribution >= 0.6 is 0 Å². The number of benzene rings is 1. The summed E-state index contributed by atoms with van der Waals surface area (Å²) in [6.07, 6.45) is 0. The van der Waals surface area contributed by atoms with E-state index >= 15 is 0 Å². The molecule has 0 saturated heterocycles. The first-order chi connectivity index (χ1) is 5.34. The van der Waals surface area contributed by atoms with Gasteiger partial charge in [0.15, 0.2) is 0 Å². The molecular weight excluding hydrogens is 245 g/mol. The van der Waals surface area contributed by atoms with Crippen molar-refractivity contribution in [3.05, 3.63) is 35.9 Å². The summed E-state index contributed by atoms with van der Waals surface area (Å²) < 4.78 is 4.11. The summed E-state index contributed by atoms with van der Waals surface area (Å²) in [5.41, 5.74) is 0.375. The van der Waals surface area contributed by atoms with Gasteiger partial charge in [-0.15, -0.1) is 0 Å². The summed E-state index contributed by atoms with van der Waals surface area (Å²) in [5, 5.41) is 0. The summed E-state index contributed by atoms with van der Waals surface area (Å²) in [6.45, 7) is 0.120. The van der Waals surface area contributed by atoms with Crippen LogP contribution in [0.4, 0.5) is 0 Å². The molecule has 0 atom stereocenters. The zero-order valence-corrected chi connectivity index (χ0v) is 7.78. The Morgan fingerprint density at radius 2 is 1.83 bits per heavy atom. The largest absolute Gasteiger partial charge is 0.392 e. The molecule has 0 radical (unpaired) electrons. The number of hydrogen-bond acceptors (Lipinski definition) is 3. The summed E-state index contributed by atoms with van der Waals surface area (Å²) in [6, 6.07) is 8.32. The Kier molecular flexibility index (Phi) is 5.14. The van der Waals surface area contributed by atoms with Crippen molar-refractivity contribution < 1.29 is 33.8 Å². The van der Waals surface area contributed by atoms with E-state index in [1.165, 1.54) is 0 Å². The number of rotatable bonds is 2. The normalized spacial score (nSPS) is 8.00. The second-order valence-electron chi connectivity index (χ2n) is 1.87. The van der Waals surface area contributed by atoms with Crippen LogP contribution in [-0.2, 0) is 29.0 Å². The molecule has 0 unspecified atom stereocenters. The van der Waals surface area contributed by atoms with E-state index in [9.17, 15) is 9.59 Å². The van der Waals surface area contributed by atoms with Gasteiger partial charge in [0.25, 0.3) is 0 Å². The van der Waals surface area contributed by atoms with Crippen LogP contribution in [0.2, 0.25) is 0 Å². The van der Waals surface area contributed by atoms with Crippen LogP contribution in [0.25, 0.3) is 0 Å². The number of carbonyl (C=O) groups is 2. The molecule has 0 spiro atoms. The Morgan fingerprint density at radius 1 is 1.25 bits per heavy atom. The third-order valence-electron chi connectivity index (χ3n) is 1.16. The van der Waals surface area contributed by atoms with Gasteiger partial charge in [-0.25, -0.2) is 4.79 Å². The molecule has 0 amide bonds. The molecule has 1 aromatic carbocycles. The third kappa shape index (κ3) is 2.93. The van der Waals surface area contributed by atoms with Crippen molar-refractivity contribution in [1.29, 1.82) is 0 Å². The van der Waals surface area contributed by atoms with Gasteiger partial charge in [0, 0.05) is 19.5 Å². The fraction of sp³-hybridized carbons (Fsp3) is 0. The van der Waals surface area contributed by atoms with Gasteiger partial charge in [-0.3, -0.25) is 4.79 Å². The molecule has 0 fully saturated rings. The Labute approximate surface area is 82.5 Å². The minimum absolute atomic E-state index is 0. The second kappa shape index (κ2) is 5.61. The Hall–Kier alpha value is -1.02. The van der Waals surface area contributed by atoms with Gasteiger partial charge >= 0.3 is 12.4 Å². The van der Waals surface area contributed by atoms with Gasteiger partial charge in [-0.2, -0.15) is 0 Å². The Morgan fingerprint density at radius 3 is 2.33 bits per heavy atom. The Bertz CT molecular complexity index is 258. The molecular formula is C8H6O3Ru. The topological polar surface area (TPSA) is 43.4 Å². The standard InChI is InChI=1S/C8H6O3.Ru/c9-6-11-8(10)7-4-2-1-3-5-7;/h1-6H;. The van der Waals surface area contributed by atoms with Gasteiger partial charge in [0.1, 0.15) is 0 Å². The monoisotopic (exact) mass is 252 g/mol. The second-order valence-corrected chi connectivity index (χ2v) is 1.87. The van der Waals surface area contributed by atoms with Gasteiger partial charge in [0.2, 0.25) is 0 Å². The van der Waals surface area contributed by atoms with Crippen LogP contribution in [0.5, 0.6) is 0 Å². The molecule has 3 nitrogen and oxygen atoms in total. The van der Waals surface area contributed by atoms with E-state index in [0.717, 1.165) is 0 Å². The number of ether oxygens (including phenoxy) is 1. The fourth-order valence-corrected chi connectivity index (χ4v) is 0.686. The smallest absolute Gasteiger partial charge is 0.345 e. The van der Waals surface area contributed by atoms with Crippen molar-refractivity contribution in [2.24, 2.45) is 0 Å². The molecule has 0 aliphatic heterocycles. The van der Waals surface area contributed by atoms with Crippen molar-refractivity contribution in [3.63, 3.8) is 0 Å². The predicted octanol–water partition coefficient (Wildman–Crippen LogP) is 0.997. The van der Waals surface area contributed by atoms with Gasteiger partial charge in [-0.05, 0) is 12.1 Å². The van der Waals surface area contributed by atoms with Gasteiger partial charge < -0.3 is 4.74 Å². The van der Waals surface area contributed by atoms with E-state index in [2.05, 4.69) is 4.74 Å². The van der Waals surface area contributed by atoms with Crippen molar-refractivity contribution in [1.82, 2.24) is 0 Å². The SMILES string of the molecule is O=COC(=O)c1ccccc1.[Ru]. The Balaban J connectivity index is 0.00000121. The number of carbonyl (C=O) groups excluding carboxylic acids is 2. The summed E-state index contributed by atoms with van der Waals surface area (Å²) in [7, 11) is 0. The van der Waals surface area contributed by atoms with Crippen LogP contribution in [0.3, 0.4) is 0 Å². The van der Waals surface area contributed by atoms with E-state index in [1.54, 1.807) is 30.3 Å².